The van der Waals surface area contributed by atoms with Crippen LogP contribution in [0.25, 0.3) is 0 Å². The molecule has 1 nitrogen and oxygen atoms in total. The van der Waals surface area contributed by atoms with Crippen molar-refractivity contribution in [2.75, 3.05) is 6.26 Å². The van der Waals surface area contributed by atoms with Crippen molar-refractivity contribution < 1.29 is 0 Å². The van der Waals surface area contributed by atoms with Crippen LogP contribution in [0.3, 0.4) is 0 Å². The van der Waals surface area contributed by atoms with E-state index in [1.54, 1.807) is 0 Å². The van der Waals surface area contributed by atoms with Crippen LogP contribution in [-0.4, -0.2) is 23.6 Å². The van der Waals surface area contributed by atoms with Gasteiger partial charge in [0.2, 0.25) is 0 Å². The molecule has 0 aromatic carbocycles. The third-order valence-corrected chi connectivity index (χ3v) is 7.83. The van der Waals surface area contributed by atoms with Gasteiger partial charge in [-0.3, -0.25) is 0 Å². The maximum Gasteiger partial charge on any atom is 0.0198 e. The van der Waals surface area contributed by atoms with Gasteiger partial charge in [-0.2, -0.15) is 11.8 Å². The summed E-state index contributed by atoms with van der Waals surface area (Å²) >= 11 is 2.09. The Labute approximate surface area is 123 Å². The molecule has 3 saturated carbocycles. The summed E-state index contributed by atoms with van der Waals surface area (Å²) in [5.41, 5.74) is 1.09. The van der Waals surface area contributed by atoms with E-state index >= 15 is 0 Å². The lowest BCUT2D eigenvalue weighted by Gasteiger charge is -2.47. The number of thioether (sulfide) groups is 1. The van der Waals surface area contributed by atoms with Crippen molar-refractivity contribution in [2.45, 2.75) is 83.1 Å². The number of hydrogen-bond donors (Lipinski definition) is 1. The Balaban J connectivity index is 1.75. The lowest BCUT2D eigenvalue weighted by Crippen LogP contribution is -2.56. The fourth-order valence-corrected chi connectivity index (χ4v) is 6.45. The van der Waals surface area contributed by atoms with E-state index < -0.39 is 0 Å². The van der Waals surface area contributed by atoms with Crippen LogP contribution in [-0.2, 0) is 0 Å². The van der Waals surface area contributed by atoms with Crippen LogP contribution in [0.5, 0.6) is 0 Å². The van der Waals surface area contributed by atoms with Crippen LogP contribution in [0.4, 0.5) is 0 Å². The Kier molecular flexibility index (Phi) is 3.71. The minimum Gasteiger partial charge on any atom is -0.309 e. The molecule has 2 bridgehead atoms. The van der Waals surface area contributed by atoms with Crippen molar-refractivity contribution in [3.8, 4) is 0 Å². The zero-order valence-electron chi connectivity index (χ0n) is 13.2. The molecule has 19 heavy (non-hydrogen) atoms. The van der Waals surface area contributed by atoms with Gasteiger partial charge in [0.15, 0.2) is 0 Å². The van der Waals surface area contributed by atoms with E-state index in [0.29, 0.717) is 10.8 Å². The summed E-state index contributed by atoms with van der Waals surface area (Å²) in [6.07, 6.45) is 12.4. The third-order valence-electron chi connectivity index (χ3n) is 6.66. The first-order chi connectivity index (χ1) is 8.97. The van der Waals surface area contributed by atoms with Crippen LogP contribution < -0.4 is 5.32 Å². The van der Waals surface area contributed by atoms with Gasteiger partial charge in [-0.25, -0.2) is 0 Å². The second-order valence-electron chi connectivity index (χ2n) is 8.18. The topological polar surface area (TPSA) is 12.0 Å². The first kappa shape index (κ1) is 14.3. The lowest BCUT2D eigenvalue weighted by atomic mass is 9.68. The summed E-state index contributed by atoms with van der Waals surface area (Å²) < 4.78 is 0. The fourth-order valence-electron chi connectivity index (χ4n) is 5.50. The van der Waals surface area contributed by atoms with E-state index in [1.807, 2.05) is 0 Å². The van der Waals surface area contributed by atoms with Gasteiger partial charge < -0.3 is 5.32 Å². The van der Waals surface area contributed by atoms with Gasteiger partial charge in [0, 0.05) is 17.3 Å². The first-order valence-corrected chi connectivity index (χ1v) is 9.55. The van der Waals surface area contributed by atoms with Crippen molar-refractivity contribution >= 4 is 11.8 Å². The van der Waals surface area contributed by atoms with Gasteiger partial charge in [0.25, 0.3) is 0 Å². The van der Waals surface area contributed by atoms with Crippen molar-refractivity contribution in [1.82, 2.24) is 5.32 Å². The number of nitrogens with one attached hydrogen (secondary N) is 1. The molecule has 3 aliphatic rings. The molecular formula is C17H31NS. The van der Waals surface area contributed by atoms with E-state index in [-0.39, 0.29) is 0 Å². The maximum atomic E-state index is 4.16. The standard InChI is InChI=1S/C17H31NS/c1-16(2)12-9-10-17(3,11-12)15(16)18-13-7-5-6-8-14(13)19-4/h12-15,18H,5-11H2,1-4H3. The summed E-state index contributed by atoms with van der Waals surface area (Å²) in [4.78, 5) is 0. The molecule has 0 saturated heterocycles. The molecular weight excluding hydrogens is 250 g/mol. The van der Waals surface area contributed by atoms with Gasteiger partial charge >= 0.3 is 0 Å². The van der Waals surface area contributed by atoms with Gasteiger partial charge in [0.05, 0.1) is 0 Å². The molecule has 5 unspecified atom stereocenters. The minimum absolute atomic E-state index is 0.507. The third kappa shape index (κ3) is 2.27. The highest BCUT2D eigenvalue weighted by atomic mass is 32.2. The summed E-state index contributed by atoms with van der Waals surface area (Å²) in [5.74, 6) is 0.964. The molecule has 5 atom stereocenters. The van der Waals surface area contributed by atoms with Crippen LogP contribution in [0.15, 0.2) is 0 Å². The summed E-state index contributed by atoms with van der Waals surface area (Å²) in [6.45, 7) is 7.60. The molecule has 3 rings (SSSR count). The highest BCUT2D eigenvalue weighted by molar-refractivity contribution is 7.99. The van der Waals surface area contributed by atoms with Gasteiger partial charge in [-0.05, 0) is 55.1 Å². The Bertz CT molecular complexity index is 335. The molecule has 0 aromatic rings. The van der Waals surface area contributed by atoms with Crippen molar-refractivity contribution in [3.05, 3.63) is 0 Å². The molecule has 0 spiro atoms. The predicted octanol–water partition coefficient (Wildman–Crippen LogP) is 4.47. The van der Waals surface area contributed by atoms with E-state index in [9.17, 15) is 0 Å². The average molecular weight is 282 g/mol. The zero-order chi connectivity index (χ0) is 13.7. The molecule has 3 fully saturated rings. The smallest absolute Gasteiger partial charge is 0.0198 e. The normalized spacial score (nSPS) is 48.6. The highest BCUT2D eigenvalue weighted by Crippen LogP contribution is 2.62. The highest BCUT2D eigenvalue weighted by Gasteiger charge is 2.59. The van der Waals surface area contributed by atoms with Crippen molar-refractivity contribution in [1.29, 1.82) is 0 Å². The van der Waals surface area contributed by atoms with E-state index in [0.717, 1.165) is 23.3 Å². The number of rotatable bonds is 3. The monoisotopic (exact) mass is 281 g/mol. The second kappa shape index (κ2) is 4.94. The Morgan fingerprint density at radius 2 is 1.79 bits per heavy atom. The average Bonchev–Trinajstić information content (AvgIpc) is 2.86. The SMILES string of the molecule is CSC1CCCCC1NC1C2(C)CCC(C2)C1(C)C. The van der Waals surface area contributed by atoms with E-state index in [2.05, 4.69) is 44.1 Å². The first-order valence-electron chi connectivity index (χ1n) is 8.26. The van der Waals surface area contributed by atoms with E-state index in [1.165, 1.54) is 44.9 Å². The molecule has 0 aromatic heterocycles. The zero-order valence-corrected chi connectivity index (χ0v) is 14.0. The van der Waals surface area contributed by atoms with Crippen LogP contribution in [0.1, 0.15) is 65.7 Å². The Morgan fingerprint density at radius 1 is 1.05 bits per heavy atom. The summed E-state index contributed by atoms with van der Waals surface area (Å²) in [7, 11) is 0. The molecule has 1 N–H and O–H groups in total. The molecule has 0 amide bonds. The second-order valence-corrected chi connectivity index (χ2v) is 9.26. The summed E-state index contributed by atoms with van der Waals surface area (Å²) in [6, 6.07) is 1.51. The minimum atomic E-state index is 0.507. The van der Waals surface area contributed by atoms with E-state index in [4.69, 9.17) is 0 Å². The lowest BCUT2D eigenvalue weighted by molar-refractivity contribution is 0.0935. The molecule has 3 aliphatic carbocycles. The van der Waals surface area contributed by atoms with Crippen LogP contribution in [0, 0.1) is 16.7 Å². The number of hydrogen-bond acceptors (Lipinski definition) is 2. The molecule has 0 radical (unpaired) electrons. The molecule has 0 heterocycles. The largest absolute Gasteiger partial charge is 0.309 e. The van der Waals surface area contributed by atoms with Crippen LogP contribution >= 0.6 is 11.8 Å². The molecule has 110 valence electrons. The van der Waals surface area contributed by atoms with Gasteiger partial charge in [0.1, 0.15) is 0 Å². The molecule has 0 aliphatic heterocycles. The quantitative estimate of drug-likeness (QED) is 0.819. The maximum absolute atomic E-state index is 4.16. The van der Waals surface area contributed by atoms with Crippen molar-refractivity contribution in [3.63, 3.8) is 0 Å². The van der Waals surface area contributed by atoms with Crippen LogP contribution in [0.2, 0.25) is 0 Å². The predicted molar refractivity (Wildman–Crippen MR) is 85.7 cm³/mol. The van der Waals surface area contributed by atoms with Gasteiger partial charge in [-0.15, -0.1) is 0 Å². The van der Waals surface area contributed by atoms with Gasteiger partial charge in [-0.1, -0.05) is 33.6 Å². The molecule has 2 heteroatoms. The summed E-state index contributed by atoms with van der Waals surface area (Å²) in [5, 5.41) is 5.01. The van der Waals surface area contributed by atoms with Crippen molar-refractivity contribution in [2.24, 2.45) is 16.7 Å². The Morgan fingerprint density at radius 3 is 2.42 bits per heavy atom. The number of fused-ring (bicyclic) bond motifs is 2. The fraction of sp³-hybridized carbons (Fsp3) is 1.00. The Hall–Kier alpha value is 0.310.